The topological polar surface area (TPSA) is 88.4 Å². The molecule has 3 N–H and O–H groups in total. The van der Waals surface area contributed by atoms with E-state index < -0.39 is 30.7 Å². The third-order valence-electron chi connectivity index (χ3n) is 9.10. The Kier molecular flexibility index (Phi) is 5.44. The van der Waals surface area contributed by atoms with Gasteiger partial charge in [-0.05, 0) is 54.9 Å². The highest BCUT2D eigenvalue weighted by molar-refractivity contribution is 5.37. The maximum absolute atomic E-state index is 10.5. The zero-order valence-corrected chi connectivity index (χ0v) is 19.2. The molecule has 0 aromatic heterocycles. The van der Waals surface area contributed by atoms with E-state index in [1.54, 1.807) is 11.1 Å². The van der Waals surface area contributed by atoms with E-state index in [2.05, 4.69) is 33.8 Å². The summed E-state index contributed by atoms with van der Waals surface area (Å²) in [6, 6.07) is 0. The molecule has 174 valence electrons. The minimum Gasteiger partial charge on any atom is -0.392 e. The molecule has 0 aromatic carbocycles. The summed E-state index contributed by atoms with van der Waals surface area (Å²) in [4.78, 5) is 0. The number of aliphatic hydroxyl groups is 3. The van der Waals surface area contributed by atoms with E-state index in [1.807, 2.05) is 0 Å². The fourth-order valence-corrected chi connectivity index (χ4v) is 7.16. The lowest BCUT2D eigenvalue weighted by Gasteiger charge is -2.56. The minimum atomic E-state index is -1.06. The molecule has 0 spiro atoms. The molecular weight excluding hydrogens is 396 g/mol. The Morgan fingerprint density at radius 3 is 2.61 bits per heavy atom. The quantitative estimate of drug-likeness (QED) is 0.579. The van der Waals surface area contributed by atoms with Crippen LogP contribution in [-0.2, 0) is 14.2 Å². The molecule has 6 heteroatoms. The Bertz CT molecular complexity index is 789. The largest absolute Gasteiger partial charge is 0.392 e. The van der Waals surface area contributed by atoms with Gasteiger partial charge in [-0.1, -0.05) is 44.9 Å². The fourth-order valence-electron chi connectivity index (χ4n) is 7.16. The van der Waals surface area contributed by atoms with Crippen molar-refractivity contribution in [2.45, 2.75) is 96.6 Å². The first kappa shape index (κ1) is 22.1. The zero-order valence-electron chi connectivity index (χ0n) is 19.2. The van der Waals surface area contributed by atoms with Crippen LogP contribution in [0.3, 0.4) is 0 Å². The molecule has 2 heterocycles. The molecule has 5 aliphatic rings. The summed E-state index contributed by atoms with van der Waals surface area (Å²) >= 11 is 0. The summed E-state index contributed by atoms with van der Waals surface area (Å²) in [6.45, 7) is 9.31. The van der Waals surface area contributed by atoms with Crippen LogP contribution < -0.4 is 0 Å². The first-order valence-corrected chi connectivity index (χ1v) is 12.0. The normalized spacial score (nSPS) is 49.7. The van der Waals surface area contributed by atoms with Crippen LogP contribution in [0.1, 0.15) is 59.8 Å². The molecule has 0 amide bonds. The third kappa shape index (κ3) is 3.21. The second-order valence-electron chi connectivity index (χ2n) is 11.2. The van der Waals surface area contributed by atoms with Gasteiger partial charge in [-0.2, -0.15) is 0 Å². The summed E-state index contributed by atoms with van der Waals surface area (Å²) < 4.78 is 18.7. The SMILES string of the molecule is CC(C)C1=C2[C@H]3CC=C(CO)[C@H]4O[C@H]5[C@@H](OC[C@@H](O)[C@@H]5O)O[C@@H]4[C@]3(C)CC[C@@]2(C)CC1. The summed E-state index contributed by atoms with van der Waals surface area (Å²) in [5.41, 5.74) is 4.13. The highest BCUT2D eigenvalue weighted by Gasteiger charge is 2.60. The van der Waals surface area contributed by atoms with E-state index in [0.717, 1.165) is 24.8 Å². The van der Waals surface area contributed by atoms with E-state index in [4.69, 9.17) is 14.2 Å². The molecule has 5 rings (SSSR count). The number of allylic oxidation sites excluding steroid dienone is 3. The second-order valence-corrected chi connectivity index (χ2v) is 11.2. The Balaban J connectivity index is 1.57. The molecule has 6 nitrogen and oxygen atoms in total. The van der Waals surface area contributed by atoms with Gasteiger partial charge in [0.2, 0.25) is 0 Å². The van der Waals surface area contributed by atoms with Crippen molar-refractivity contribution in [1.29, 1.82) is 0 Å². The first-order chi connectivity index (χ1) is 14.7. The van der Waals surface area contributed by atoms with Crippen molar-refractivity contribution >= 4 is 0 Å². The molecule has 0 unspecified atom stereocenters. The fraction of sp³-hybridized carbons (Fsp3) is 0.840. The van der Waals surface area contributed by atoms with E-state index in [0.29, 0.717) is 11.8 Å². The molecule has 3 aliphatic carbocycles. The van der Waals surface area contributed by atoms with E-state index >= 15 is 0 Å². The highest BCUT2D eigenvalue weighted by Crippen LogP contribution is 2.64. The smallest absolute Gasteiger partial charge is 0.187 e. The van der Waals surface area contributed by atoms with Crippen LogP contribution in [0, 0.1) is 22.7 Å². The van der Waals surface area contributed by atoms with Gasteiger partial charge in [0.25, 0.3) is 0 Å². The van der Waals surface area contributed by atoms with Crippen LogP contribution in [0.4, 0.5) is 0 Å². The number of rotatable bonds is 2. The molecule has 1 saturated carbocycles. The van der Waals surface area contributed by atoms with E-state index in [1.165, 1.54) is 12.8 Å². The minimum absolute atomic E-state index is 0.0344. The maximum Gasteiger partial charge on any atom is 0.187 e. The Labute approximate surface area is 185 Å². The van der Waals surface area contributed by atoms with Gasteiger partial charge in [-0.25, -0.2) is 0 Å². The maximum atomic E-state index is 10.5. The van der Waals surface area contributed by atoms with Crippen molar-refractivity contribution in [3.8, 4) is 0 Å². The molecule has 2 saturated heterocycles. The van der Waals surface area contributed by atoms with Gasteiger partial charge in [0, 0.05) is 5.41 Å². The predicted octanol–water partition coefficient (Wildman–Crippen LogP) is 2.71. The summed E-state index contributed by atoms with van der Waals surface area (Å²) in [6.07, 6.45) is 3.34. The predicted molar refractivity (Wildman–Crippen MR) is 115 cm³/mol. The summed E-state index contributed by atoms with van der Waals surface area (Å²) in [7, 11) is 0. The van der Waals surface area contributed by atoms with Crippen LogP contribution >= 0.6 is 0 Å². The van der Waals surface area contributed by atoms with Crippen molar-refractivity contribution in [2.75, 3.05) is 13.2 Å². The van der Waals surface area contributed by atoms with Gasteiger partial charge in [-0.15, -0.1) is 0 Å². The van der Waals surface area contributed by atoms with Crippen molar-refractivity contribution in [2.24, 2.45) is 22.7 Å². The number of fused-ring (bicyclic) bond motifs is 6. The van der Waals surface area contributed by atoms with Gasteiger partial charge in [0.15, 0.2) is 6.29 Å². The molecule has 3 fully saturated rings. The zero-order chi connectivity index (χ0) is 22.1. The Morgan fingerprint density at radius 2 is 1.90 bits per heavy atom. The molecule has 0 aromatic rings. The molecule has 9 atom stereocenters. The molecule has 31 heavy (non-hydrogen) atoms. The number of aliphatic hydroxyl groups excluding tert-OH is 3. The lowest BCUT2D eigenvalue weighted by Crippen LogP contribution is -2.65. The standard InChI is InChI=1S/C25H38O6/c1-13(2)15-7-8-24(3)9-10-25(4)16(18(15)24)6-5-14(11-26)20-22(25)31-23-21(30-20)19(28)17(27)12-29-23/h5,13,16-17,19-23,26-28H,6-12H2,1-4H3/t16-,17-,19+,20-,21-,22+,23+,24-,25-/m1/s1. The van der Waals surface area contributed by atoms with Gasteiger partial charge >= 0.3 is 0 Å². The molecular formula is C25H38O6. The van der Waals surface area contributed by atoms with Crippen LogP contribution in [0.5, 0.6) is 0 Å². The number of hydrogen-bond acceptors (Lipinski definition) is 6. The lowest BCUT2D eigenvalue weighted by atomic mass is 9.54. The number of hydrogen-bond donors (Lipinski definition) is 3. The van der Waals surface area contributed by atoms with Crippen LogP contribution in [0.15, 0.2) is 22.8 Å². The van der Waals surface area contributed by atoms with Gasteiger partial charge < -0.3 is 29.5 Å². The third-order valence-corrected chi connectivity index (χ3v) is 9.10. The van der Waals surface area contributed by atoms with Crippen molar-refractivity contribution < 1.29 is 29.5 Å². The molecule has 0 radical (unpaired) electrons. The Morgan fingerprint density at radius 1 is 1.13 bits per heavy atom. The van der Waals surface area contributed by atoms with E-state index in [9.17, 15) is 15.3 Å². The Hall–Kier alpha value is -0.760. The van der Waals surface area contributed by atoms with Crippen LogP contribution in [0.25, 0.3) is 0 Å². The lowest BCUT2D eigenvalue weighted by molar-refractivity contribution is -0.359. The average Bonchev–Trinajstić information content (AvgIpc) is 3.04. The highest BCUT2D eigenvalue weighted by atomic mass is 16.7. The van der Waals surface area contributed by atoms with Gasteiger partial charge in [0.05, 0.1) is 19.3 Å². The second kappa shape index (κ2) is 7.64. The average molecular weight is 435 g/mol. The van der Waals surface area contributed by atoms with Crippen molar-refractivity contribution in [3.05, 3.63) is 22.8 Å². The number of ether oxygens (including phenoxy) is 3. The van der Waals surface area contributed by atoms with Crippen molar-refractivity contribution in [3.63, 3.8) is 0 Å². The summed E-state index contributed by atoms with van der Waals surface area (Å²) in [5, 5.41) is 30.8. The van der Waals surface area contributed by atoms with E-state index in [-0.39, 0.29) is 30.1 Å². The van der Waals surface area contributed by atoms with Crippen LogP contribution in [-0.4, -0.2) is 65.3 Å². The summed E-state index contributed by atoms with van der Waals surface area (Å²) in [5.74, 6) is 0.868. The van der Waals surface area contributed by atoms with Gasteiger partial charge in [0.1, 0.15) is 24.4 Å². The van der Waals surface area contributed by atoms with Crippen molar-refractivity contribution in [1.82, 2.24) is 0 Å². The van der Waals surface area contributed by atoms with Gasteiger partial charge in [-0.3, -0.25) is 0 Å². The first-order valence-electron chi connectivity index (χ1n) is 12.0. The molecule has 2 aliphatic heterocycles. The monoisotopic (exact) mass is 434 g/mol. The van der Waals surface area contributed by atoms with Crippen LogP contribution in [0.2, 0.25) is 0 Å². The molecule has 0 bridgehead atoms.